The molecule has 0 aliphatic carbocycles. The maximum atomic E-state index is 11.2. The molecule has 0 bridgehead atoms. The number of H-pyrrole nitrogens is 1. The number of fused-ring (bicyclic) bond motifs is 1. The second kappa shape index (κ2) is 4.26. The number of rotatable bonds is 3. The Kier molecular flexibility index (Phi) is 2.81. The molecule has 0 saturated carbocycles. The molecule has 0 amide bonds. The molecule has 1 N–H and O–H groups in total. The molecule has 84 valence electrons. The van der Waals surface area contributed by atoms with Crippen LogP contribution >= 0.6 is 0 Å². The molecule has 0 unspecified atom stereocenters. The molecule has 2 rings (SSSR count). The van der Waals surface area contributed by atoms with Crippen LogP contribution in [0.3, 0.4) is 0 Å². The molecule has 16 heavy (non-hydrogen) atoms. The summed E-state index contributed by atoms with van der Waals surface area (Å²) in [6.45, 7) is 0. The summed E-state index contributed by atoms with van der Waals surface area (Å²) in [5.41, 5.74) is 1.82. The van der Waals surface area contributed by atoms with Crippen LogP contribution in [-0.2, 0) is 16.0 Å². The van der Waals surface area contributed by atoms with Crippen LogP contribution in [0.4, 0.5) is 0 Å². The summed E-state index contributed by atoms with van der Waals surface area (Å²) in [4.78, 5) is 14.3. The monoisotopic (exact) mass is 219 g/mol. The second-order valence-corrected chi connectivity index (χ2v) is 3.45. The van der Waals surface area contributed by atoms with Crippen molar-refractivity contribution in [2.45, 2.75) is 6.42 Å². The molecular formula is C12H13NO3. The number of esters is 1. The van der Waals surface area contributed by atoms with Crippen molar-refractivity contribution in [1.82, 2.24) is 4.98 Å². The van der Waals surface area contributed by atoms with E-state index < -0.39 is 0 Å². The minimum absolute atomic E-state index is 0.247. The number of hydrogen-bond acceptors (Lipinski definition) is 3. The summed E-state index contributed by atoms with van der Waals surface area (Å²) >= 11 is 0. The molecule has 0 atom stereocenters. The van der Waals surface area contributed by atoms with Crippen molar-refractivity contribution in [3.63, 3.8) is 0 Å². The number of carbonyl (C=O) groups excluding carboxylic acids is 1. The van der Waals surface area contributed by atoms with Gasteiger partial charge in [-0.25, -0.2) is 0 Å². The highest BCUT2D eigenvalue weighted by Crippen LogP contribution is 2.27. The Hall–Kier alpha value is -1.97. The Morgan fingerprint density at radius 2 is 2.19 bits per heavy atom. The molecule has 0 fully saturated rings. The van der Waals surface area contributed by atoms with Crippen molar-refractivity contribution in [3.8, 4) is 5.75 Å². The first-order chi connectivity index (χ1) is 7.76. The van der Waals surface area contributed by atoms with Crippen molar-refractivity contribution in [2.75, 3.05) is 14.2 Å². The lowest BCUT2D eigenvalue weighted by Gasteiger charge is -2.01. The van der Waals surface area contributed by atoms with E-state index in [0.717, 1.165) is 22.2 Å². The predicted molar refractivity (Wildman–Crippen MR) is 60.6 cm³/mol. The van der Waals surface area contributed by atoms with Crippen LogP contribution in [0, 0.1) is 0 Å². The summed E-state index contributed by atoms with van der Waals surface area (Å²) in [6, 6.07) is 5.73. The number of ether oxygens (including phenoxy) is 2. The zero-order valence-corrected chi connectivity index (χ0v) is 9.24. The first-order valence-electron chi connectivity index (χ1n) is 4.96. The van der Waals surface area contributed by atoms with E-state index in [1.165, 1.54) is 7.11 Å². The smallest absolute Gasteiger partial charge is 0.310 e. The van der Waals surface area contributed by atoms with Crippen molar-refractivity contribution < 1.29 is 14.3 Å². The van der Waals surface area contributed by atoms with Crippen LogP contribution in [0.1, 0.15) is 5.56 Å². The van der Waals surface area contributed by atoms with Gasteiger partial charge in [0.2, 0.25) is 0 Å². The lowest BCUT2D eigenvalue weighted by atomic mass is 10.1. The third-order valence-corrected chi connectivity index (χ3v) is 2.55. The van der Waals surface area contributed by atoms with Crippen molar-refractivity contribution in [1.29, 1.82) is 0 Å². The number of nitrogens with one attached hydrogen (secondary N) is 1. The van der Waals surface area contributed by atoms with Gasteiger partial charge in [-0.1, -0.05) is 12.1 Å². The molecule has 0 saturated heterocycles. The van der Waals surface area contributed by atoms with Gasteiger partial charge < -0.3 is 14.5 Å². The van der Waals surface area contributed by atoms with E-state index in [4.69, 9.17) is 4.74 Å². The Balaban J connectivity index is 2.45. The largest absolute Gasteiger partial charge is 0.495 e. The quantitative estimate of drug-likeness (QED) is 0.802. The standard InChI is InChI=1S/C12H13NO3/c1-15-10-5-3-4-9-8(6-11(14)16-2)7-13-12(9)10/h3-5,7,13H,6H2,1-2H3. The van der Waals surface area contributed by atoms with E-state index in [-0.39, 0.29) is 12.4 Å². The number of aromatic nitrogens is 1. The molecule has 2 aromatic rings. The summed E-state index contributed by atoms with van der Waals surface area (Å²) < 4.78 is 9.87. The average molecular weight is 219 g/mol. The summed E-state index contributed by atoms with van der Waals surface area (Å²) in [5.74, 6) is 0.525. The zero-order valence-electron chi connectivity index (χ0n) is 9.24. The topological polar surface area (TPSA) is 51.3 Å². The summed E-state index contributed by atoms with van der Waals surface area (Å²) in [6.07, 6.45) is 2.08. The van der Waals surface area contributed by atoms with Crippen LogP contribution in [0.5, 0.6) is 5.75 Å². The van der Waals surface area contributed by atoms with Gasteiger partial charge in [-0.15, -0.1) is 0 Å². The van der Waals surface area contributed by atoms with Gasteiger partial charge in [0.25, 0.3) is 0 Å². The fourth-order valence-electron chi connectivity index (χ4n) is 1.73. The number of aromatic amines is 1. The van der Waals surface area contributed by atoms with Crippen LogP contribution < -0.4 is 4.74 Å². The fourth-order valence-corrected chi connectivity index (χ4v) is 1.73. The van der Waals surface area contributed by atoms with E-state index in [1.54, 1.807) is 7.11 Å². The second-order valence-electron chi connectivity index (χ2n) is 3.45. The van der Waals surface area contributed by atoms with E-state index in [1.807, 2.05) is 24.4 Å². The number of para-hydroxylation sites is 1. The van der Waals surface area contributed by atoms with Crippen LogP contribution in [0.25, 0.3) is 10.9 Å². The van der Waals surface area contributed by atoms with E-state index in [0.29, 0.717) is 0 Å². The number of methoxy groups -OCH3 is 2. The third-order valence-electron chi connectivity index (χ3n) is 2.55. The molecular weight excluding hydrogens is 206 g/mol. The highest BCUT2D eigenvalue weighted by Gasteiger charge is 2.10. The van der Waals surface area contributed by atoms with Gasteiger partial charge in [0, 0.05) is 11.6 Å². The first-order valence-corrected chi connectivity index (χ1v) is 4.96. The maximum Gasteiger partial charge on any atom is 0.310 e. The molecule has 0 radical (unpaired) electrons. The summed E-state index contributed by atoms with van der Waals surface area (Å²) in [7, 11) is 3.01. The fraction of sp³-hybridized carbons (Fsp3) is 0.250. The van der Waals surface area contributed by atoms with Gasteiger partial charge in [-0.2, -0.15) is 0 Å². The molecule has 4 heteroatoms. The number of carbonyl (C=O) groups is 1. The Morgan fingerprint density at radius 1 is 1.38 bits per heavy atom. The molecule has 1 aromatic heterocycles. The molecule has 1 heterocycles. The highest BCUT2D eigenvalue weighted by molar-refractivity contribution is 5.91. The minimum atomic E-state index is -0.247. The van der Waals surface area contributed by atoms with Crippen LogP contribution in [-0.4, -0.2) is 25.2 Å². The third kappa shape index (κ3) is 1.74. The molecule has 4 nitrogen and oxygen atoms in total. The lowest BCUT2D eigenvalue weighted by molar-refractivity contribution is -0.139. The SMILES string of the molecule is COC(=O)Cc1c[nH]c2c(OC)cccc12. The van der Waals surface area contributed by atoms with Crippen LogP contribution in [0.15, 0.2) is 24.4 Å². The molecule has 1 aromatic carbocycles. The number of hydrogen-bond donors (Lipinski definition) is 1. The first kappa shape index (κ1) is 10.5. The molecule has 0 aliphatic heterocycles. The summed E-state index contributed by atoms with van der Waals surface area (Å²) in [5, 5.41) is 0.991. The van der Waals surface area contributed by atoms with Gasteiger partial charge in [0.05, 0.1) is 26.2 Å². The van der Waals surface area contributed by atoms with Gasteiger partial charge >= 0.3 is 5.97 Å². The van der Waals surface area contributed by atoms with Crippen LogP contribution in [0.2, 0.25) is 0 Å². The van der Waals surface area contributed by atoms with Gasteiger partial charge in [-0.05, 0) is 11.6 Å². The highest BCUT2D eigenvalue weighted by atomic mass is 16.5. The lowest BCUT2D eigenvalue weighted by Crippen LogP contribution is -2.03. The normalized spacial score (nSPS) is 10.4. The van der Waals surface area contributed by atoms with Crippen molar-refractivity contribution in [3.05, 3.63) is 30.0 Å². The van der Waals surface area contributed by atoms with E-state index >= 15 is 0 Å². The maximum absolute atomic E-state index is 11.2. The van der Waals surface area contributed by atoms with Gasteiger partial charge in [0.15, 0.2) is 0 Å². The zero-order chi connectivity index (χ0) is 11.5. The number of benzene rings is 1. The van der Waals surface area contributed by atoms with Crippen molar-refractivity contribution in [2.24, 2.45) is 0 Å². The molecule has 0 spiro atoms. The van der Waals surface area contributed by atoms with E-state index in [2.05, 4.69) is 9.72 Å². The van der Waals surface area contributed by atoms with Gasteiger partial charge in [0.1, 0.15) is 5.75 Å². The van der Waals surface area contributed by atoms with Crippen molar-refractivity contribution >= 4 is 16.9 Å². The Morgan fingerprint density at radius 3 is 2.88 bits per heavy atom. The molecule has 0 aliphatic rings. The van der Waals surface area contributed by atoms with Gasteiger partial charge in [-0.3, -0.25) is 4.79 Å². The predicted octanol–water partition coefficient (Wildman–Crippen LogP) is 1.89. The average Bonchev–Trinajstić information content (AvgIpc) is 2.72. The Bertz CT molecular complexity index is 516. The minimum Gasteiger partial charge on any atom is -0.495 e. The Labute approximate surface area is 93.2 Å². The van der Waals surface area contributed by atoms with E-state index in [9.17, 15) is 4.79 Å².